The number of hydrogen-bond donors (Lipinski definition) is 2. The van der Waals surface area contributed by atoms with Crippen molar-refractivity contribution in [2.75, 3.05) is 26.3 Å². The number of rotatable bonds is 7. The first kappa shape index (κ1) is 19.3. The van der Waals surface area contributed by atoms with Crippen molar-refractivity contribution in [3.63, 3.8) is 0 Å². The van der Waals surface area contributed by atoms with E-state index >= 15 is 0 Å². The molecular formula is C16H25NO6S. The van der Waals surface area contributed by atoms with Crippen molar-refractivity contribution in [2.24, 2.45) is 0 Å². The number of aliphatic hydroxyl groups excluding tert-OH is 2. The SMILES string of the molecule is Cc1ccc(S(=O)(=O)N(CCO)C[C@@H]2OC(C)(C)O[C@H]2CO)cc1. The second-order valence-corrected chi connectivity index (χ2v) is 8.23. The van der Waals surface area contributed by atoms with Crippen LogP contribution in [0.4, 0.5) is 0 Å². The molecule has 8 heteroatoms. The monoisotopic (exact) mass is 359 g/mol. The lowest BCUT2D eigenvalue weighted by Gasteiger charge is -2.26. The highest BCUT2D eigenvalue weighted by atomic mass is 32.2. The number of aryl methyl sites for hydroxylation is 1. The van der Waals surface area contributed by atoms with E-state index in [9.17, 15) is 18.6 Å². The van der Waals surface area contributed by atoms with E-state index in [1.807, 2.05) is 6.92 Å². The van der Waals surface area contributed by atoms with Gasteiger partial charge in [0.1, 0.15) is 12.2 Å². The predicted molar refractivity (Wildman–Crippen MR) is 87.9 cm³/mol. The van der Waals surface area contributed by atoms with Crippen molar-refractivity contribution in [3.8, 4) is 0 Å². The summed E-state index contributed by atoms with van der Waals surface area (Å²) in [4.78, 5) is 0.153. The van der Waals surface area contributed by atoms with Gasteiger partial charge in [-0.05, 0) is 32.9 Å². The molecule has 0 unspecified atom stereocenters. The fourth-order valence-electron chi connectivity index (χ4n) is 2.70. The molecule has 0 aliphatic carbocycles. The van der Waals surface area contributed by atoms with Crippen LogP contribution < -0.4 is 0 Å². The summed E-state index contributed by atoms with van der Waals surface area (Å²) in [5.41, 5.74) is 0.956. The zero-order chi connectivity index (χ0) is 18.0. The molecule has 1 heterocycles. The summed E-state index contributed by atoms with van der Waals surface area (Å²) in [5.74, 6) is -0.892. The first-order valence-electron chi connectivity index (χ1n) is 7.84. The van der Waals surface area contributed by atoms with Crippen LogP contribution >= 0.6 is 0 Å². The molecule has 136 valence electrons. The summed E-state index contributed by atoms with van der Waals surface area (Å²) in [6.45, 7) is 4.64. The molecule has 1 aromatic rings. The molecule has 7 nitrogen and oxygen atoms in total. The van der Waals surface area contributed by atoms with Crippen molar-refractivity contribution >= 4 is 10.0 Å². The normalized spacial score (nSPS) is 23.8. The van der Waals surface area contributed by atoms with Gasteiger partial charge < -0.3 is 19.7 Å². The maximum atomic E-state index is 12.8. The van der Waals surface area contributed by atoms with Crippen molar-refractivity contribution in [2.45, 2.75) is 43.7 Å². The third-order valence-corrected chi connectivity index (χ3v) is 5.74. The van der Waals surface area contributed by atoms with Gasteiger partial charge in [0, 0.05) is 13.1 Å². The summed E-state index contributed by atoms with van der Waals surface area (Å²) < 4.78 is 38.1. The molecule has 0 saturated carbocycles. The van der Waals surface area contributed by atoms with Gasteiger partial charge in [0.15, 0.2) is 5.79 Å². The third kappa shape index (κ3) is 4.33. The summed E-state index contributed by atoms with van der Waals surface area (Å²) in [6, 6.07) is 6.51. The van der Waals surface area contributed by atoms with E-state index in [1.165, 1.54) is 12.1 Å². The average molecular weight is 359 g/mol. The summed E-state index contributed by atoms with van der Waals surface area (Å²) >= 11 is 0. The standard InChI is InChI=1S/C16H25NO6S/c1-12-4-6-13(7-5-12)24(20,21)17(8-9-18)10-14-15(11-19)23-16(2,3)22-14/h4-7,14-15,18-19H,8-11H2,1-3H3/t14-,15-/m0/s1. The van der Waals surface area contributed by atoms with E-state index in [-0.39, 0.29) is 31.2 Å². The first-order chi connectivity index (χ1) is 11.2. The molecule has 2 N–H and O–H groups in total. The smallest absolute Gasteiger partial charge is 0.243 e. The Kier molecular flexibility index (Phi) is 6.00. The molecule has 0 aromatic heterocycles. The van der Waals surface area contributed by atoms with Crippen LogP contribution in [0.3, 0.4) is 0 Å². The maximum Gasteiger partial charge on any atom is 0.243 e. The number of benzene rings is 1. The van der Waals surface area contributed by atoms with Crippen LogP contribution in [0.15, 0.2) is 29.2 Å². The van der Waals surface area contributed by atoms with E-state index in [0.717, 1.165) is 9.87 Å². The van der Waals surface area contributed by atoms with Crippen molar-refractivity contribution < 1.29 is 28.1 Å². The molecule has 0 spiro atoms. The maximum absolute atomic E-state index is 12.8. The van der Waals surface area contributed by atoms with E-state index < -0.39 is 28.0 Å². The number of sulfonamides is 1. The summed E-state index contributed by atoms with van der Waals surface area (Å²) in [7, 11) is -3.78. The van der Waals surface area contributed by atoms with Crippen LogP contribution in [0.5, 0.6) is 0 Å². The second-order valence-electron chi connectivity index (χ2n) is 6.29. The van der Waals surface area contributed by atoms with Crippen LogP contribution in [0.25, 0.3) is 0 Å². The van der Waals surface area contributed by atoms with Crippen LogP contribution in [0, 0.1) is 6.92 Å². The Hall–Kier alpha value is -1.03. The minimum atomic E-state index is -3.78. The summed E-state index contributed by atoms with van der Waals surface area (Å²) in [5, 5.41) is 18.7. The number of ether oxygens (including phenoxy) is 2. The van der Waals surface area contributed by atoms with Crippen LogP contribution in [0.2, 0.25) is 0 Å². The van der Waals surface area contributed by atoms with Gasteiger partial charge in [-0.2, -0.15) is 4.31 Å². The topological polar surface area (TPSA) is 96.3 Å². The third-order valence-electron chi connectivity index (χ3n) is 3.86. The first-order valence-corrected chi connectivity index (χ1v) is 9.28. The lowest BCUT2D eigenvalue weighted by Crippen LogP contribution is -2.43. The second kappa shape index (κ2) is 7.47. The molecule has 2 rings (SSSR count). The predicted octanol–water partition coefficient (Wildman–Crippen LogP) is 0.490. The minimum Gasteiger partial charge on any atom is -0.395 e. The molecule has 0 radical (unpaired) electrons. The van der Waals surface area contributed by atoms with E-state index in [0.29, 0.717) is 0 Å². The Bertz CT molecular complexity index is 643. The lowest BCUT2D eigenvalue weighted by molar-refractivity contribution is -0.149. The molecular weight excluding hydrogens is 334 g/mol. The van der Waals surface area contributed by atoms with Gasteiger partial charge in [0.05, 0.1) is 18.1 Å². The fraction of sp³-hybridized carbons (Fsp3) is 0.625. The Morgan fingerprint density at radius 2 is 1.71 bits per heavy atom. The zero-order valence-corrected chi connectivity index (χ0v) is 15.0. The zero-order valence-electron chi connectivity index (χ0n) is 14.2. The Morgan fingerprint density at radius 3 is 2.25 bits per heavy atom. The molecule has 0 amide bonds. The Morgan fingerprint density at radius 1 is 1.12 bits per heavy atom. The quantitative estimate of drug-likeness (QED) is 0.736. The fourth-order valence-corrected chi connectivity index (χ4v) is 4.14. The van der Waals surface area contributed by atoms with E-state index in [2.05, 4.69) is 0 Å². The molecule has 1 aromatic carbocycles. The van der Waals surface area contributed by atoms with Gasteiger partial charge in [-0.25, -0.2) is 8.42 Å². The van der Waals surface area contributed by atoms with Gasteiger partial charge in [0.2, 0.25) is 10.0 Å². The van der Waals surface area contributed by atoms with Crippen molar-refractivity contribution in [1.29, 1.82) is 0 Å². The molecule has 2 atom stereocenters. The summed E-state index contributed by atoms with van der Waals surface area (Å²) in [6.07, 6.45) is -1.23. The van der Waals surface area contributed by atoms with E-state index in [4.69, 9.17) is 9.47 Å². The van der Waals surface area contributed by atoms with Gasteiger partial charge in [-0.15, -0.1) is 0 Å². The average Bonchev–Trinajstić information content (AvgIpc) is 2.81. The number of nitrogens with zero attached hydrogens (tertiary/aromatic N) is 1. The van der Waals surface area contributed by atoms with Crippen LogP contribution in [0.1, 0.15) is 19.4 Å². The van der Waals surface area contributed by atoms with Crippen LogP contribution in [-0.2, 0) is 19.5 Å². The molecule has 1 aliphatic rings. The highest BCUT2D eigenvalue weighted by Gasteiger charge is 2.43. The highest BCUT2D eigenvalue weighted by Crippen LogP contribution is 2.29. The van der Waals surface area contributed by atoms with E-state index in [1.54, 1.807) is 26.0 Å². The van der Waals surface area contributed by atoms with Crippen LogP contribution in [-0.4, -0.2) is 67.2 Å². The van der Waals surface area contributed by atoms with Gasteiger partial charge in [0.25, 0.3) is 0 Å². The van der Waals surface area contributed by atoms with Gasteiger partial charge in [-0.3, -0.25) is 0 Å². The molecule has 1 saturated heterocycles. The van der Waals surface area contributed by atoms with Gasteiger partial charge >= 0.3 is 0 Å². The molecule has 24 heavy (non-hydrogen) atoms. The molecule has 1 fully saturated rings. The Balaban J connectivity index is 2.24. The minimum absolute atomic E-state index is 0.00851. The molecule has 0 bridgehead atoms. The number of hydrogen-bond acceptors (Lipinski definition) is 6. The van der Waals surface area contributed by atoms with Crippen molar-refractivity contribution in [3.05, 3.63) is 29.8 Å². The largest absolute Gasteiger partial charge is 0.395 e. The Labute approximate surface area is 142 Å². The highest BCUT2D eigenvalue weighted by molar-refractivity contribution is 7.89. The number of aliphatic hydroxyl groups is 2. The molecule has 1 aliphatic heterocycles. The van der Waals surface area contributed by atoms with Crippen molar-refractivity contribution in [1.82, 2.24) is 4.31 Å². The van der Waals surface area contributed by atoms with Gasteiger partial charge in [-0.1, -0.05) is 17.7 Å². The lowest BCUT2D eigenvalue weighted by atomic mass is 10.2.